The molecule has 2 aliphatic rings. The summed E-state index contributed by atoms with van der Waals surface area (Å²) >= 11 is 0. The monoisotopic (exact) mass is 406 g/mol. The maximum Gasteiger partial charge on any atom is 0.292 e. The second kappa shape index (κ2) is 8.46. The predicted octanol–water partition coefficient (Wildman–Crippen LogP) is 4.83. The lowest BCUT2D eigenvalue weighted by molar-refractivity contribution is -0.980. The van der Waals surface area contributed by atoms with Gasteiger partial charge in [0, 0.05) is 16.7 Å². The predicted molar refractivity (Wildman–Crippen MR) is 126 cm³/mol. The number of fused-ring (bicyclic) bond motifs is 1. The fourth-order valence-electron chi connectivity index (χ4n) is 5.02. The quantitative estimate of drug-likeness (QED) is 0.602. The van der Waals surface area contributed by atoms with Crippen LogP contribution in [0.4, 0.5) is 0 Å². The Kier molecular flexibility index (Phi) is 5.37. The minimum Gasteiger partial charge on any atom is -0.432 e. The van der Waals surface area contributed by atoms with Gasteiger partial charge in [-0.1, -0.05) is 60.4 Å². The Morgan fingerprint density at radius 2 is 1.39 bits per heavy atom. The summed E-state index contributed by atoms with van der Waals surface area (Å²) in [5, 5.41) is 0. The highest BCUT2D eigenvalue weighted by Crippen LogP contribution is 2.43. The molecule has 3 aromatic rings. The van der Waals surface area contributed by atoms with Crippen LogP contribution in [-0.2, 0) is 5.72 Å². The van der Waals surface area contributed by atoms with Gasteiger partial charge in [-0.25, -0.2) is 0 Å². The maximum atomic E-state index is 6.98. The molecule has 0 aliphatic carbocycles. The zero-order chi connectivity index (χ0) is 21.1. The van der Waals surface area contributed by atoms with E-state index in [4.69, 9.17) is 4.74 Å². The van der Waals surface area contributed by atoms with Crippen molar-refractivity contribution in [1.82, 2.24) is 0 Å². The fourth-order valence-corrected chi connectivity index (χ4v) is 5.02. The number of hydrogen-bond donors (Lipinski definition) is 1. The molecule has 154 valence electrons. The van der Waals surface area contributed by atoms with Crippen LogP contribution in [0.1, 0.15) is 42.9 Å². The van der Waals surface area contributed by atoms with Crippen LogP contribution >= 0.6 is 0 Å². The van der Waals surface area contributed by atoms with Crippen molar-refractivity contribution >= 4 is 5.57 Å². The first kappa shape index (κ1) is 19.7. The SMILES string of the molecule is CC1=C(C#Cc2ccccc2)c2ccccc2O[C@@]1(c1ccccc1)[NH+]1CCCCC1. The normalized spacial score (nSPS) is 20.9. The van der Waals surface area contributed by atoms with Crippen LogP contribution in [0.15, 0.2) is 90.5 Å². The Balaban J connectivity index is 1.74. The topological polar surface area (TPSA) is 13.7 Å². The van der Waals surface area contributed by atoms with E-state index < -0.39 is 5.72 Å². The summed E-state index contributed by atoms with van der Waals surface area (Å²) in [6, 6.07) is 29.3. The van der Waals surface area contributed by atoms with Crippen molar-refractivity contribution in [2.75, 3.05) is 13.1 Å². The highest BCUT2D eigenvalue weighted by atomic mass is 16.5. The third-order valence-electron chi connectivity index (χ3n) is 6.56. The summed E-state index contributed by atoms with van der Waals surface area (Å²) in [4.78, 5) is 1.48. The molecule has 31 heavy (non-hydrogen) atoms. The zero-order valence-corrected chi connectivity index (χ0v) is 18.0. The van der Waals surface area contributed by atoms with Crippen molar-refractivity contribution in [2.45, 2.75) is 31.9 Å². The van der Waals surface area contributed by atoms with Crippen LogP contribution in [0.5, 0.6) is 5.75 Å². The number of rotatable bonds is 2. The summed E-state index contributed by atoms with van der Waals surface area (Å²) in [6.07, 6.45) is 3.76. The smallest absolute Gasteiger partial charge is 0.292 e. The maximum absolute atomic E-state index is 6.98. The molecular weight excluding hydrogens is 378 g/mol. The first-order valence-electron chi connectivity index (χ1n) is 11.3. The van der Waals surface area contributed by atoms with Crippen LogP contribution in [0, 0.1) is 11.8 Å². The van der Waals surface area contributed by atoms with Gasteiger partial charge in [-0.3, -0.25) is 4.90 Å². The number of nitrogens with one attached hydrogen (secondary N) is 1. The highest BCUT2D eigenvalue weighted by molar-refractivity contribution is 5.87. The van der Waals surface area contributed by atoms with Crippen LogP contribution in [0.3, 0.4) is 0 Å². The van der Waals surface area contributed by atoms with Gasteiger partial charge in [0.25, 0.3) is 5.72 Å². The molecule has 1 N–H and O–H groups in total. The van der Waals surface area contributed by atoms with Crippen molar-refractivity contribution in [3.8, 4) is 17.6 Å². The summed E-state index contributed by atoms with van der Waals surface area (Å²) < 4.78 is 6.98. The van der Waals surface area contributed by atoms with E-state index in [1.807, 2.05) is 18.2 Å². The van der Waals surface area contributed by atoms with E-state index in [0.717, 1.165) is 35.5 Å². The molecule has 2 aliphatic heterocycles. The van der Waals surface area contributed by atoms with Gasteiger partial charge in [-0.15, -0.1) is 0 Å². The van der Waals surface area contributed by atoms with Gasteiger partial charge in [0.05, 0.1) is 24.2 Å². The number of quaternary nitrogens is 1. The van der Waals surface area contributed by atoms with Gasteiger partial charge in [-0.2, -0.15) is 0 Å². The molecule has 0 unspecified atom stereocenters. The van der Waals surface area contributed by atoms with Crippen LogP contribution < -0.4 is 9.64 Å². The highest BCUT2D eigenvalue weighted by Gasteiger charge is 2.51. The van der Waals surface area contributed by atoms with Crippen molar-refractivity contribution in [2.24, 2.45) is 0 Å². The first-order valence-corrected chi connectivity index (χ1v) is 11.3. The fraction of sp³-hybridized carbons (Fsp3) is 0.241. The van der Waals surface area contributed by atoms with Gasteiger partial charge < -0.3 is 4.74 Å². The Labute approximate surface area is 185 Å². The van der Waals surface area contributed by atoms with Crippen molar-refractivity contribution in [1.29, 1.82) is 0 Å². The minimum atomic E-state index is -0.545. The Morgan fingerprint density at radius 3 is 2.13 bits per heavy atom. The molecule has 0 radical (unpaired) electrons. The van der Waals surface area contributed by atoms with Crippen molar-refractivity contribution in [3.05, 3.63) is 107 Å². The molecular formula is C29H28NO+. The summed E-state index contributed by atoms with van der Waals surface area (Å²) in [7, 11) is 0. The van der Waals surface area contributed by atoms with Gasteiger partial charge in [-0.05, 0) is 62.6 Å². The van der Waals surface area contributed by atoms with Crippen LogP contribution in [0.2, 0.25) is 0 Å². The van der Waals surface area contributed by atoms with E-state index in [2.05, 4.69) is 85.5 Å². The van der Waals surface area contributed by atoms with Gasteiger partial charge in [0.2, 0.25) is 0 Å². The standard InChI is InChI=1S/C29H27NO/c1-23-26(20-19-24-13-5-2-6-14-24)27-17-9-10-18-28(27)31-29(23,25-15-7-3-8-16-25)30-21-11-4-12-22-30/h2-3,5-10,13-18H,4,11-12,21-22H2,1H3/p+1/t29-/m0/s1. The second-order valence-electron chi connectivity index (χ2n) is 8.43. The molecule has 5 rings (SSSR count). The summed E-state index contributed by atoms with van der Waals surface area (Å²) in [5.41, 5.74) is 5.08. The Morgan fingerprint density at radius 1 is 0.742 bits per heavy atom. The van der Waals surface area contributed by atoms with E-state index in [9.17, 15) is 0 Å². The average Bonchev–Trinajstić information content (AvgIpc) is 2.85. The molecule has 0 aromatic heterocycles. The second-order valence-corrected chi connectivity index (χ2v) is 8.43. The molecule has 0 amide bonds. The molecule has 2 heteroatoms. The van der Waals surface area contributed by atoms with Crippen LogP contribution in [-0.4, -0.2) is 13.1 Å². The molecule has 1 saturated heterocycles. The first-order chi connectivity index (χ1) is 15.3. The Hall–Kier alpha value is -3.28. The van der Waals surface area contributed by atoms with E-state index >= 15 is 0 Å². The number of piperidine rings is 1. The number of allylic oxidation sites excluding steroid dienone is 1. The number of ether oxygens (including phenoxy) is 1. The van der Waals surface area contributed by atoms with E-state index in [-0.39, 0.29) is 0 Å². The zero-order valence-electron chi connectivity index (χ0n) is 18.0. The molecule has 0 bridgehead atoms. The number of para-hydroxylation sites is 1. The third kappa shape index (κ3) is 3.56. The van der Waals surface area contributed by atoms with E-state index in [1.54, 1.807) is 0 Å². The van der Waals surface area contributed by atoms with E-state index in [1.165, 1.54) is 35.3 Å². The number of likely N-dealkylation sites (tertiary alicyclic amines) is 1. The Bertz CT molecular complexity index is 1150. The molecule has 2 nitrogen and oxygen atoms in total. The van der Waals surface area contributed by atoms with E-state index in [0.29, 0.717) is 0 Å². The molecule has 0 saturated carbocycles. The van der Waals surface area contributed by atoms with Gasteiger partial charge in [0.15, 0.2) is 0 Å². The minimum absolute atomic E-state index is 0.545. The summed E-state index contributed by atoms with van der Waals surface area (Å²) in [6.45, 7) is 4.43. The molecule has 3 aromatic carbocycles. The molecule has 2 heterocycles. The van der Waals surface area contributed by atoms with Gasteiger partial charge in [0.1, 0.15) is 5.75 Å². The summed E-state index contributed by atoms with van der Waals surface area (Å²) in [5.74, 6) is 7.87. The van der Waals surface area contributed by atoms with Crippen molar-refractivity contribution in [3.63, 3.8) is 0 Å². The van der Waals surface area contributed by atoms with Gasteiger partial charge >= 0.3 is 0 Å². The van der Waals surface area contributed by atoms with Crippen molar-refractivity contribution < 1.29 is 9.64 Å². The molecule has 1 atom stereocenters. The lowest BCUT2D eigenvalue weighted by atomic mass is 9.83. The average molecular weight is 407 g/mol. The molecule has 0 spiro atoms. The lowest BCUT2D eigenvalue weighted by Gasteiger charge is -2.45. The lowest BCUT2D eigenvalue weighted by Crippen LogP contribution is -3.20. The van der Waals surface area contributed by atoms with Crippen LogP contribution in [0.25, 0.3) is 5.57 Å². The largest absolute Gasteiger partial charge is 0.432 e. The third-order valence-corrected chi connectivity index (χ3v) is 6.56. The number of hydrogen-bond acceptors (Lipinski definition) is 1. The number of benzene rings is 3. The molecule has 1 fully saturated rings.